The molecular formula is C23H23N3O2. The molecule has 0 bridgehead atoms. The van der Waals surface area contributed by atoms with Gasteiger partial charge in [-0.1, -0.05) is 32.0 Å². The number of hydrogen-bond acceptors (Lipinski definition) is 4. The van der Waals surface area contributed by atoms with Crippen molar-refractivity contribution >= 4 is 17.4 Å². The SMILES string of the molecule is CC(C)C(=O)CCc1cccc(NC(=O)c2cncc(-c3ccccn3)c2)c1. The molecule has 0 aliphatic heterocycles. The van der Waals surface area contributed by atoms with Gasteiger partial charge in [-0.2, -0.15) is 0 Å². The van der Waals surface area contributed by atoms with Crippen LogP contribution in [0, 0.1) is 5.92 Å². The zero-order valence-corrected chi connectivity index (χ0v) is 16.1. The van der Waals surface area contributed by atoms with Crippen LogP contribution >= 0.6 is 0 Å². The fraction of sp³-hybridized carbons (Fsp3) is 0.217. The molecule has 0 atom stereocenters. The smallest absolute Gasteiger partial charge is 0.257 e. The maximum absolute atomic E-state index is 12.6. The molecule has 1 aromatic carbocycles. The van der Waals surface area contributed by atoms with Crippen LogP contribution in [0.15, 0.2) is 67.1 Å². The predicted molar refractivity (Wildman–Crippen MR) is 110 cm³/mol. The van der Waals surface area contributed by atoms with Gasteiger partial charge in [-0.15, -0.1) is 0 Å². The molecule has 0 saturated carbocycles. The van der Waals surface area contributed by atoms with E-state index in [1.54, 1.807) is 18.5 Å². The first kappa shape index (κ1) is 19.4. The van der Waals surface area contributed by atoms with E-state index in [1.165, 1.54) is 6.20 Å². The maximum Gasteiger partial charge on any atom is 0.257 e. The van der Waals surface area contributed by atoms with Gasteiger partial charge in [0.05, 0.1) is 11.3 Å². The normalized spacial score (nSPS) is 10.7. The van der Waals surface area contributed by atoms with Gasteiger partial charge in [0.1, 0.15) is 5.78 Å². The lowest BCUT2D eigenvalue weighted by molar-refractivity contribution is -0.121. The van der Waals surface area contributed by atoms with Gasteiger partial charge in [-0.05, 0) is 42.3 Å². The van der Waals surface area contributed by atoms with E-state index in [9.17, 15) is 9.59 Å². The average Bonchev–Trinajstić information content (AvgIpc) is 2.73. The molecule has 0 aliphatic carbocycles. The summed E-state index contributed by atoms with van der Waals surface area (Å²) >= 11 is 0. The summed E-state index contributed by atoms with van der Waals surface area (Å²) in [7, 11) is 0. The standard InChI is InChI=1S/C23H23N3O2/c1-16(2)22(27)10-9-17-6-5-7-20(12-17)26-23(28)19-13-18(14-24-15-19)21-8-3-4-11-25-21/h3-8,11-16H,9-10H2,1-2H3,(H,26,28). The molecule has 0 saturated heterocycles. The first-order valence-electron chi connectivity index (χ1n) is 9.32. The molecule has 0 spiro atoms. The molecule has 1 N–H and O–H groups in total. The number of benzene rings is 1. The lowest BCUT2D eigenvalue weighted by atomic mass is 10.0. The van der Waals surface area contributed by atoms with Crippen LogP contribution in [0.2, 0.25) is 0 Å². The van der Waals surface area contributed by atoms with E-state index < -0.39 is 0 Å². The molecule has 1 amide bonds. The second-order valence-electron chi connectivity index (χ2n) is 6.95. The van der Waals surface area contributed by atoms with Crippen LogP contribution in [-0.2, 0) is 11.2 Å². The minimum Gasteiger partial charge on any atom is -0.322 e. The fourth-order valence-electron chi connectivity index (χ4n) is 2.80. The Labute approximate surface area is 164 Å². The summed E-state index contributed by atoms with van der Waals surface area (Å²) in [5.41, 5.74) is 3.73. The summed E-state index contributed by atoms with van der Waals surface area (Å²) in [5, 5.41) is 2.90. The number of pyridine rings is 2. The Balaban J connectivity index is 1.70. The number of Topliss-reactive ketones (excluding diaryl/α,β-unsaturated/α-hetero) is 1. The molecular weight excluding hydrogens is 350 g/mol. The zero-order valence-electron chi connectivity index (χ0n) is 16.1. The first-order valence-corrected chi connectivity index (χ1v) is 9.32. The lowest BCUT2D eigenvalue weighted by Crippen LogP contribution is -2.13. The van der Waals surface area contributed by atoms with Gasteiger partial charge in [0, 0.05) is 42.2 Å². The number of carbonyl (C=O) groups excluding carboxylic acids is 2. The van der Waals surface area contributed by atoms with E-state index in [1.807, 2.05) is 56.3 Å². The molecule has 3 rings (SSSR count). The molecule has 2 heterocycles. The number of carbonyl (C=O) groups is 2. The highest BCUT2D eigenvalue weighted by Crippen LogP contribution is 2.18. The van der Waals surface area contributed by atoms with E-state index in [2.05, 4.69) is 15.3 Å². The van der Waals surface area contributed by atoms with Gasteiger partial charge >= 0.3 is 0 Å². The third kappa shape index (κ3) is 5.10. The third-order valence-electron chi connectivity index (χ3n) is 4.45. The van der Waals surface area contributed by atoms with Crippen molar-refractivity contribution in [3.05, 3.63) is 78.2 Å². The lowest BCUT2D eigenvalue weighted by Gasteiger charge is -2.09. The Morgan fingerprint density at radius 1 is 1.04 bits per heavy atom. The second kappa shape index (κ2) is 9.04. The molecule has 28 heavy (non-hydrogen) atoms. The number of nitrogens with one attached hydrogen (secondary N) is 1. The summed E-state index contributed by atoms with van der Waals surface area (Å²) in [6, 6.07) is 15.0. The van der Waals surface area contributed by atoms with Crippen molar-refractivity contribution in [3.63, 3.8) is 0 Å². The van der Waals surface area contributed by atoms with E-state index in [4.69, 9.17) is 0 Å². The van der Waals surface area contributed by atoms with E-state index in [0.29, 0.717) is 24.1 Å². The molecule has 0 unspecified atom stereocenters. The number of amides is 1. The van der Waals surface area contributed by atoms with Gasteiger partial charge in [0.2, 0.25) is 0 Å². The van der Waals surface area contributed by atoms with Crippen LogP contribution in [0.1, 0.15) is 36.2 Å². The Bertz CT molecular complexity index is 968. The topological polar surface area (TPSA) is 72.0 Å². The van der Waals surface area contributed by atoms with E-state index in [-0.39, 0.29) is 17.6 Å². The number of ketones is 1. The Morgan fingerprint density at radius 3 is 2.64 bits per heavy atom. The highest BCUT2D eigenvalue weighted by molar-refractivity contribution is 6.04. The molecule has 5 nitrogen and oxygen atoms in total. The summed E-state index contributed by atoms with van der Waals surface area (Å²) < 4.78 is 0. The predicted octanol–water partition coefficient (Wildman–Crippen LogP) is 4.55. The van der Waals surface area contributed by atoms with Gasteiger partial charge in [-0.25, -0.2) is 0 Å². The Kier molecular flexibility index (Phi) is 6.27. The van der Waals surface area contributed by atoms with Crippen LogP contribution in [0.25, 0.3) is 11.3 Å². The van der Waals surface area contributed by atoms with Gasteiger partial charge in [-0.3, -0.25) is 19.6 Å². The molecule has 3 aromatic rings. The molecule has 0 aliphatic rings. The van der Waals surface area contributed by atoms with Crippen LogP contribution in [0.5, 0.6) is 0 Å². The van der Waals surface area contributed by atoms with Crippen molar-refractivity contribution in [1.82, 2.24) is 9.97 Å². The van der Waals surface area contributed by atoms with Gasteiger partial charge in [0.15, 0.2) is 0 Å². The monoisotopic (exact) mass is 373 g/mol. The minimum atomic E-state index is -0.235. The summed E-state index contributed by atoms with van der Waals surface area (Å²) in [4.78, 5) is 32.9. The first-order chi connectivity index (χ1) is 13.5. The Hall–Kier alpha value is -3.34. The quantitative estimate of drug-likeness (QED) is 0.659. The largest absolute Gasteiger partial charge is 0.322 e. The maximum atomic E-state index is 12.6. The van der Waals surface area contributed by atoms with Gasteiger partial charge in [0.25, 0.3) is 5.91 Å². The molecule has 0 radical (unpaired) electrons. The third-order valence-corrected chi connectivity index (χ3v) is 4.45. The number of hydrogen-bond donors (Lipinski definition) is 1. The van der Waals surface area contributed by atoms with Crippen LogP contribution in [0.4, 0.5) is 5.69 Å². The van der Waals surface area contributed by atoms with Crippen molar-refractivity contribution in [3.8, 4) is 11.3 Å². The summed E-state index contributed by atoms with van der Waals surface area (Å²) in [5.74, 6) is 0.0503. The number of nitrogens with zero attached hydrogens (tertiary/aromatic N) is 2. The van der Waals surface area contributed by atoms with Crippen molar-refractivity contribution in [2.45, 2.75) is 26.7 Å². The number of rotatable bonds is 7. The zero-order chi connectivity index (χ0) is 19.9. The van der Waals surface area contributed by atoms with Crippen LogP contribution < -0.4 is 5.32 Å². The van der Waals surface area contributed by atoms with Crippen molar-refractivity contribution < 1.29 is 9.59 Å². The van der Waals surface area contributed by atoms with E-state index >= 15 is 0 Å². The van der Waals surface area contributed by atoms with E-state index in [0.717, 1.165) is 16.8 Å². The van der Waals surface area contributed by atoms with Gasteiger partial charge < -0.3 is 5.32 Å². The molecule has 0 fully saturated rings. The molecule has 5 heteroatoms. The average molecular weight is 373 g/mol. The van der Waals surface area contributed by atoms with Crippen LogP contribution in [0.3, 0.4) is 0 Å². The Morgan fingerprint density at radius 2 is 1.89 bits per heavy atom. The highest BCUT2D eigenvalue weighted by atomic mass is 16.1. The number of aromatic nitrogens is 2. The summed E-state index contributed by atoms with van der Waals surface area (Å²) in [6.45, 7) is 3.82. The number of anilines is 1. The molecule has 142 valence electrons. The second-order valence-corrected chi connectivity index (χ2v) is 6.95. The summed E-state index contributed by atoms with van der Waals surface area (Å²) in [6.07, 6.45) is 6.10. The minimum absolute atomic E-state index is 0.0433. The molecule has 2 aromatic heterocycles. The number of aryl methyl sites for hydroxylation is 1. The van der Waals surface area contributed by atoms with Crippen molar-refractivity contribution in [2.24, 2.45) is 5.92 Å². The highest BCUT2D eigenvalue weighted by Gasteiger charge is 2.11. The van der Waals surface area contributed by atoms with Crippen molar-refractivity contribution in [2.75, 3.05) is 5.32 Å². The van der Waals surface area contributed by atoms with Crippen LogP contribution in [-0.4, -0.2) is 21.7 Å². The van der Waals surface area contributed by atoms with Crippen molar-refractivity contribution in [1.29, 1.82) is 0 Å². The fourth-order valence-corrected chi connectivity index (χ4v) is 2.80.